The zero-order chi connectivity index (χ0) is 12.4. The first-order valence-corrected chi connectivity index (χ1v) is 5.57. The highest BCUT2D eigenvalue weighted by atomic mass is 35.5. The molecule has 0 aliphatic rings. The summed E-state index contributed by atoms with van der Waals surface area (Å²) in [5, 5.41) is 7.28. The molecule has 2 aromatic rings. The third-order valence-electron chi connectivity index (χ3n) is 2.35. The molecule has 0 saturated carbocycles. The Morgan fingerprint density at radius 1 is 1.41 bits per heavy atom. The van der Waals surface area contributed by atoms with Gasteiger partial charge in [0.1, 0.15) is 23.0 Å². The molecule has 0 amide bonds. The Kier molecular flexibility index (Phi) is 3.38. The summed E-state index contributed by atoms with van der Waals surface area (Å²) in [6.07, 6.45) is 2.19. The van der Waals surface area contributed by atoms with E-state index in [1.807, 2.05) is 6.92 Å². The van der Waals surface area contributed by atoms with E-state index in [4.69, 9.17) is 11.6 Å². The Morgan fingerprint density at radius 3 is 2.88 bits per heavy atom. The van der Waals surface area contributed by atoms with E-state index in [0.29, 0.717) is 12.1 Å². The van der Waals surface area contributed by atoms with Crippen molar-refractivity contribution in [2.45, 2.75) is 18.7 Å². The fraction of sp³-hybridized carbons (Fsp3) is 0.273. The number of hydrogen-bond donors (Lipinski definition) is 0. The standard InChI is InChI=1S/C11H10ClF2N3/c1-2-8(12)10-6-17(16-15-10)11-5-7(13)3-4-9(11)14/h3-6,8H,2H2,1H3. The van der Waals surface area contributed by atoms with E-state index in [0.717, 1.165) is 18.2 Å². The molecule has 1 aromatic carbocycles. The van der Waals surface area contributed by atoms with Gasteiger partial charge in [0.05, 0.1) is 11.6 Å². The van der Waals surface area contributed by atoms with Gasteiger partial charge in [0, 0.05) is 6.07 Å². The fourth-order valence-corrected chi connectivity index (χ4v) is 1.51. The van der Waals surface area contributed by atoms with E-state index in [2.05, 4.69) is 10.3 Å². The molecule has 1 aromatic heterocycles. The molecule has 0 spiro atoms. The predicted octanol–water partition coefficient (Wildman–Crippen LogP) is 3.24. The minimum absolute atomic E-state index is 0.0173. The van der Waals surface area contributed by atoms with Gasteiger partial charge in [-0.15, -0.1) is 16.7 Å². The van der Waals surface area contributed by atoms with Crippen LogP contribution in [-0.4, -0.2) is 15.0 Å². The van der Waals surface area contributed by atoms with Crippen molar-refractivity contribution in [1.29, 1.82) is 0 Å². The van der Waals surface area contributed by atoms with Gasteiger partial charge in [-0.3, -0.25) is 0 Å². The Morgan fingerprint density at radius 2 is 2.18 bits per heavy atom. The molecular weight excluding hydrogens is 248 g/mol. The first kappa shape index (κ1) is 12.0. The molecule has 2 rings (SSSR count). The fourth-order valence-electron chi connectivity index (χ4n) is 1.41. The van der Waals surface area contributed by atoms with Crippen molar-refractivity contribution in [3.8, 4) is 5.69 Å². The summed E-state index contributed by atoms with van der Waals surface area (Å²) >= 11 is 5.98. The average molecular weight is 258 g/mol. The topological polar surface area (TPSA) is 30.7 Å². The van der Waals surface area contributed by atoms with Crippen LogP contribution in [0.4, 0.5) is 8.78 Å². The lowest BCUT2D eigenvalue weighted by molar-refractivity contribution is 0.584. The molecule has 0 saturated heterocycles. The first-order valence-electron chi connectivity index (χ1n) is 5.13. The number of nitrogens with zero attached hydrogens (tertiary/aromatic N) is 3. The summed E-state index contributed by atoms with van der Waals surface area (Å²) < 4.78 is 27.6. The third-order valence-corrected chi connectivity index (χ3v) is 2.88. The van der Waals surface area contributed by atoms with E-state index in [1.165, 1.54) is 10.9 Å². The molecule has 0 N–H and O–H groups in total. The van der Waals surface area contributed by atoms with Crippen molar-refractivity contribution in [3.63, 3.8) is 0 Å². The first-order chi connectivity index (χ1) is 8.11. The van der Waals surface area contributed by atoms with E-state index >= 15 is 0 Å². The van der Waals surface area contributed by atoms with E-state index in [9.17, 15) is 8.78 Å². The molecule has 0 aliphatic carbocycles. The Labute approximate surface area is 102 Å². The van der Waals surface area contributed by atoms with Gasteiger partial charge in [0.2, 0.25) is 0 Å². The maximum absolute atomic E-state index is 13.5. The molecule has 0 aliphatic heterocycles. The van der Waals surface area contributed by atoms with Gasteiger partial charge in [0.15, 0.2) is 0 Å². The highest BCUT2D eigenvalue weighted by Gasteiger charge is 2.13. The van der Waals surface area contributed by atoms with E-state index < -0.39 is 11.6 Å². The minimum atomic E-state index is -0.564. The Balaban J connectivity index is 2.40. The summed E-state index contributed by atoms with van der Waals surface area (Å²) in [5.74, 6) is -1.10. The van der Waals surface area contributed by atoms with Crippen LogP contribution in [0.2, 0.25) is 0 Å². The van der Waals surface area contributed by atoms with Crippen LogP contribution < -0.4 is 0 Å². The molecule has 1 atom stereocenters. The van der Waals surface area contributed by atoms with Crippen molar-refractivity contribution < 1.29 is 8.78 Å². The summed E-state index contributed by atoms with van der Waals surface area (Å²) in [6, 6.07) is 3.15. The normalized spacial score (nSPS) is 12.7. The molecule has 1 heterocycles. The zero-order valence-electron chi connectivity index (χ0n) is 9.07. The number of halogens is 3. The lowest BCUT2D eigenvalue weighted by atomic mass is 10.2. The van der Waals surface area contributed by atoms with Gasteiger partial charge in [-0.1, -0.05) is 12.1 Å². The van der Waals surface area contributed by atoms with Crippen LogP contribution in [0.15, 0.2) is 24.4 Å². The van der Waals surface area contributed by atoms with Gasteiger partial charge < -0.3 is 0 Å². The summed E-state index contributed by atoms with van der Waals surface area (Å²) in [6.45, 7) is 1.90. The second-order valence-corrected chi connectivity index (χ2v) is 4.09. The second kappa shape index (κ2) is 4.79. The molecular formula is C11H10ClF2N3. The summed E-state index contributed by atoms with van der Waals surface area (Å²) in [5.41, 5.74) is 0.557. The number of benzene rings is 1. The van der Waals surface area contributed by atoms with Crippen molar-refractivity contribution in [3.05, 3.63) is 41.7 Å². The van der Waals surface area contributed by atoms with Crippen LogP contribution in [-0.2, 0) is 0 Å². The van der Waals surface area contributed by atoms with Crippen LogP contribution in [0.25, 0.3) is 5.69 Å². The number of alkyl halides is 1. The van der Waals surface area contributed by atoms with Crippen molar-refractivity contribution in [2.75, 3.05) is 0 Å². The van der Waals surface area contributed by atoms with Gasteiger partial charge in [-0.2, -0.15) is 0 Å². The predicted molar refractivity (Wildman–Crippen MR) is 60.2 cm³/mol. The molecule has 0 bridgehead atoms. The lowest BCUT2D eigenvalue weighted by Crippen LogP contribution is -1.99. The average Bonchev–Trinajstić information content (AvgIpc) is 2.80. The third kappa shape index (κ3) is 2.44. The number of hydrogen-bond acceptors (Lipinski definition) is 2. The molecule has 0 radical (unpaired) electrons. The van der Waals surface area contributed by atoms with Crippen LogP contribution >= 0.6 is 11.6 Å². The molecule has 90 valence electrons. The highest BCUT2D eigenvalue weighted by molar-refractivity contribution is 6.20. The van der Waals surface area contributed by atoms with Crippen molar-refractivity contribution in [1.82, 2.24) is 15.0 Å². The van der Waals surface area contributed by atoms with Gasteiger partial charge in [-0.25, -0.2) is 13.5 Å². The van der Waals surface area contributed by atoms with Crippen molar-refractivity contribution in [2.24, 2.45) is 0 Å². The SMILES string of the molecule is CCC(Cl)c1cn(-c2cc(F)ccc2F)nn1. The molecule has 6 heteroatoms. The van der Waals surface area contributed by atoms with Gasteiger partial charge >= 0.3 is 0 Å². The smallest absolute Gasteiger partial charge is 0.149 e. The molecule has 1 unspecified atom stereocenters. The largest absolute Gasteiger partial charge is 0.217 e. The highest BCUT2D eigenvalue weighted by Crippen LogP contribution is 2.22. The molecule has 3 nitrogen and oxygen atoms in total. The second-order valence-electron chi connectivity index (χ2n) is 3.56. The zero-order valence-corrected chi connectivity index (χ0v) is 9.83. The molecule has 0 fully saturated rings. The maximum atomic E-state index is 13.5. The van der Waals surface area contributed by atoms with E-state index in [1.54, 1.807) is 0 Å². The maximum Gasteiger partial charge on any atom is 0.149 e. The number of aromatic nitrogens is 3. The quantitative estimate of drug-likeness (QED) is 0.791. The molecule has 17 heavy (non-hydrogen) atoms. The lowest BCUT2D eigenvalue weighted by Gasteiger charge is -2.02. The van der Waals surface area contributed by atoms with Crippen LogP contribution in [0.3, 0.4) is 0 Å². The Hall–Kier alpha value is -1.49. The summed E-state index contributed by atoms with van der Waals surface area (Å²) in [4.78, 5) is 0. The summed E-state index contributed by atoms with van der Waals surface area (Å²) in [7, 11) is 0. The van der Waals surface area contributed by atoms with E-state index in [-0.39, 0.29) is 11.1 Å². The van der Waals surface area contributed by atoms with Gasteiger partial charge in [0.25, 0.3) is 0 Å². The van der Waals surface area contributed by atoms with Crippen molar-refractivity contribution >= 4 is 11.6 Å². The van der Waals surface area contributed by atoms with Gasteiger partial charge in [-0.05, 0) is 18.6 Å². The van der Waals surface area contributed by atoms with Crippen LogP contribution in [0.5, 0.6) is 0 Å². The number of rotatable bonds is 3. The monoisotopic (exact) mass is 257 g/mol. The minimum Gasteiger partial charge on any atom is -0.217 e. The van der Waals surface area contributed by atoms with Crippen LogP contribution in [0.1, 0.15) is 24.4 Å². The Bertz CT molecular complexity index is 527. The van der Waals surface area contributed by atoms with Crippen LogP contribution in [0, 0.1) is 11.6 Å².